The summed E-state index contributed by atoms with van der Waals surface area (Å²) in [5, 5.41) is 2.07. The Labute approximate surface area is 122 Å². The lowest BCUT2D eigenvalue weighted by Gasteiger charge is -2.15. The molecule has 2 aromatic rings. The van der Waals surface area contributed by atoms with Gasteiger partial charge in [0.05, 0.1) is 0 Å². The van der Waals surface area contributed by atoms with Gasteiger partial charge in [-0.1, -0.05) is 6.07 Å². The molecule has 2 rings (SSSR count). The SMILES string of the molecule is CN(CCCC(=O)c1ccc(F)cc1)Cc1cccs1. The number of benzene rings is 1. The Morgan fingerprint density at radius 3 is 2.65 bits per heavy atom. The third-order valence-electron chi connectivity index (χ3n) is 3.12. The van der Waals surface area contributed by atoms with Crippen LogP contribution in [0.5, 0.6) is 0 Å². The lowest BCUT2D eigenvalue weighted by atomic mass is 10.1. The average Bonchev–Trinajstić information content (AvgIpc) is 2.92. The van der Waals surface area contributed by atoms with E-state index >= 15 is 0 Å². The zero-order valence-electron chi connectivity index (χ0n) is 11.5. The summed E-state index contributed by atoms with van der Waals surface area (Å²) in [7, 11) is 2.06. The highest BCUT2D eigenvalue weighted by molar-refractivity contribution is 7.09. The second-order valence-corrected chi connectivity index (χ2v) is 5.88. The first-order valence-corrected chi connectivity index (χ1v) is 7.53. The van der Waals surface area contributed by atoms with Crippen molar-refractivity contribution in [2.45, 2.75) is 19.4 Å². The number of nitrogens with zero attached hydrogens (tertiary/aromatic N) is 1. The van der Waals surface area contributed by atoms with Crippen LogP contribution in [0.2, 0.25) is 0 Å². The molecule has 0 bridgehead atoms. The van der Waals surface area contributed by atoms with Crippen molar-refractivity contribution in [2.24, 2.45) is 0 Å². The van der Waals surface area contributed by atoms with E-state index in [1.54, 1.807) is 23.5 Å². The standard InChI is InChI=1S/C16H18FNOS/c1-18(12-15-4-3-11-20-15)10-2-5-16(19)13-6-8-14(17)9-7-13/h3-4,6-9,11H,2,5,10,12H2,1H3. The summed E-state index contributed by atoms with van der Waals surface area (Å²) in [6.45, 7) is 1.80. The Balaban J connectivity index is 1.72. The maximum absolute atomic E-state index is 12.8. The molecule has 1 heterocycles. The minimum atomic E-state index is -0.308. The van der Waals surface area contributed by atoms with Gasteiger partial charge in [0.25, 0.3) is 0 Å². The van der Waals surface area contributed by atoms with Gasteiger partial charge in [-0.25, -0.2) is 4.39 Å². The fraction of sp³-hybridized carbons (Fsp3) is 0.312. The molecule has 0 saturated heterocycles. The number of Topliss-reactive ketones (excluding diaryl/α,β-unsaturated/α-hetero) is 1. The van der Waals surface area contributed by atoms with Crippen LogP contribution in [0.1, 0.15) is 28.1 Å². The Kier molecular flexibility index (Phi) is 5.44. The van der Waals surface area contributed by atoms with E-state index in [-0.39, 0.29) is 11.6 Å². The monoisotopic (exact) mass is 291 g/mol. The van der Waals surface area contributed by atoms with E-state index in [2.05, 4.69) is 23.4 Å². The van der Waals surface area contributed by atoms with E-state index < -0.39 is 0 Å². The maximum atomic E-state index is 12.8. The van der Waals surface area contributed by atoms with Gasteiger partial charge in [-0.2, -0.15) is 0 Å². The molecule has 0 aliphatic heterocycles. The molecular weight excluding hydrogens is 273 g/mol. The van der Waals surface area contributed by atoms with Gasteiger partial charge < -0.3 is 4.90 Å². The van der Waals surface area contributed by atoms with Crippen LogP contribution in [0, 0.1) is 5.82 Å². The lowest BCUT2D eigenvalue weighted by Crippen LogP contribution is -2.19. The Bertz CT molecular complexity index is 536. The molecule has 0 N–H and O–H groups in total. The number of carbonyl (C=O) groups is 1. The highest BCUT2D eigenvalue weighted by Crippen LogP contribution is 2.12. The van der Waals surface area contributed by atoms with Crippen molar-refractivity contribution in [3.8, 4) is 0 Å². The fourth-order valence-electron chi connectivity index (χ4n) is 2.04. The lowest BCUT2D eigenvalue weighted by molar-refractivity contribution is 0.0976. The van der Waals surface area contributed by atoms with E-state index in [4.69, 9.17) is 0 Å². The summed E-state index contributed by atoms with van der Waals surface area (Å²) in [5.41, 5.74) is 0.590. The largest absolute Gasteiger partial charge is 0.301 e. The van der Waals surface area contributed by atoms with Crippen LogP contribution in [0.15, 0.2) is 41.8 Å². The number of thiophene rings is 1. The molecular formula is C16H18FNOS. The summed E-state index contributed by atoms with van der Waals surface area (Å²) >= 11 is 1.75. The van der Waals surface area contributed by atoms with Gasteiger partial charge >= 0.3 is 0 Å². The van der Waals surface area contributed by atoms with E-state index in [1.165, 1.54) is 17.0 Å². The summed E-state index contributed by atoms with van der Waals surface area (Å²) in [6, 6.07) is 9.92. The number of hydrogen-bond donors (Lipinski definition) is 0. The van der Waals surface area contributed by atoms with Gasteiger partial charge in [-0.15, -0.1) is 11.3 Å². The van der Waals surface area contributed by atoms with Crippen LogP contribution in [-0.4, -0.2) is 24.3 Å². The quantitative estimate of drug-likeness (QED) is 0.719. The van der Waals surface area contributed by atoms with E-state index in [9.17, 15) is 9.18 Å². The molecule has 20 heavy (non-hydrogen) atoms. The molecule has 4 heteroatoms. The molecule has 0 amide bonds. The molecule has 0 unspecified atom stereocenters. The van der Waals surface area contributed by atoms with Gasteiger partial charge in [0.1, 0.15) is 5.82 Å². The van der Waals surface area contributed by atoms with E-state index in [0.29, 0.717) is 12.0 Å². The Morgan fingerprint density at radius 1 is 1.25 bits per heavy atom. The summed E-state index contributed by atoms with van der Waals surface area (Å²) in [4.78, 5) is 15.5. The zero-order valence-corrected chi connectivity index (χ0v) is 12.3. The fourth-order valence-corrected chi connectivity index (χ4v) is 2.82. The average molecular weight is 291 g/mol. The van der Waals surface area contributed by atoms with Gasteiger partial charge in [0, 0.05) is 23.4 Å². The first-order valence-electron chi connectivity index (χ1n) is 6.65. The first kappa shape index (κ1) is 14.9. The van der Waals surface area contributed by atoms with Gasteiger partial charge in [0.2, 0.25) is 0 Å². The van der Waals surface area contributed by atoms with Crippen molar-refractivity contribution in [3.63, 3.8) is 0 Å². The second kappa shape index (κ2) is 7.31. The zero-order chi connectivity index (χ0) is 14.4. The molecule has 0 radical (unpaired) electrons. The number of carbonyl (C=O) groups excluding carboxylic acids is 1. The molecule has 0 aliphatic carbocycles. The molecule has 2 nitrogen and oxygen atoms in total. The number of ketones is 1. The minimum Gasteiger partial charge on any atom is -0.301 e. The van der Waals surface area contributed by atoms with Gasteiger partial charge in [-0.05, 0) is 55.7 Å². The third-order valence-corrected chi connectivity index (χ3v) is 3.98. The number of hydrogen-bond acceptors (Lipinski definition) is 3. The van der Waals surface area contributed by atoms with Crippen LogP contribution in [-0.2, 0) is 6.54 Å². The van der Waals surface area contributed by atoms with E-state index in [0.717, 1.165) is 19.5 Å². The topological polar surface area (TPSA) is 20.3 Å². The van der Waals surface area contributed by atoms with Crippen LogP contribution in [0.4, 0.5) is 4.39 Å². The van der Waals surface area contributed by atoms with Crippen molar-refractivity contribution in [1.82, 2.24) is 4.90 Å². The summed E-state index contributed by atoms with van der Waals surface area (Å²) < 4.78 is 12.8. The van der Waals surface area contributed by atoms with Crippen molar-refractivity contribution < 1.29 is 9.18 Å². The molecule has 0 spiro atoms. The van der Waals surface area contributed by atoms with Crippen molar-refractivity contribution >= 4 is 17.1 Å². The molecule has 1 aromatic carbocycles. The summed E-state index contributed by atoms with van der Waals surface area (Å²) in [6.07, 6.45) is 1.32. The number of rotatable bonds is 7. The van der Waals surface area contributed by atoms with Crippen molar-refractivity contribution in [2.75, 3.05) is 13.6 Å². The van der Waals surface area contributed by atoms with Gasteiger partial charge in [0.15, 0.2) is 5.78 Å². The normalized spacial score (nSPS) is 10.9. The molecule has 106 valence electrons. The van der Waals surface area contributed by atoms with Crippen molar-refractivity contribution in [1.29, 1.82) is 0 Å². The third kappa shape index (κ3) is 4.54. The molecule has 0 atom stereocenters. The molecule has 0 fully saturated rings. The smallest absolute Gasteiger partial charge is 0.162 e. The van der Waals surface area contributed by atoms with Gasteiger partial charge in [-0.3, -0.25) is 4.79 Å². The molecule has 0 aliphatic rings. The molecule has 1 aromatic heterocycles. The predicted molar refractivity (Wildman–Crippen MR) is 80.6 cm³/mol. The number of halogens is 1. The Hall–Kier alpha value is -1.52. The van der Waals surface area contributed by atoms with Crippen LogP contribution < -0.4 is 0 Å². The first-order chi connectivity index (χ1) is 9.65. The highest BCUT2D eigenvalue weighted by Gasteiger charge is 2.07. The summed E-state index contributed by atoms with van der Waals surface area (Å²) in [5.74, 6) is -0.230. The predicted octanol–water partition coefficient (Wildman–Crippen LogP) is 3.98. The van der Waals surface area contributed by atoms with Crippen LogP contribution >= 0.6 is 11.3 Å². The Morgan fingerprint density at radius 2 is 2.00 bits per heavy atom. The molecule has 0 saturated carbocycles. The van der Waals surface area contributed by atoms with Crippen LogP contribution in [0.25, 0.3) is 0 Å². The minimum absolute atomic E-state index is 0.0783. The van der Waals surface area contributed by atoms with Crippen LogP contribution in [0.3, 0.4) is 0 Å². The maximum Gasteiger partial charge on any atom is 0.162 e. The highest BCUT2D eigenvalue weighted by atomic mass is 32.1. The van der Waals surface area contributed by atoms with Crippen molar-refractivity contribution in [3.05, 3.63) is 58.0 Å². The van der Waals surface area contributed by atoms with E-state index in [1.807, 2.05) is 6.07 Å². The second-order valence-electron chi connectivity index (χ2n) is 4.85.